The van der Waals surface area contributed by atoms with Crippen LogP contribution in [-0.2, 0) is 0 Å². The molecule has 0 fully saturated rings. The molecule has 0 aliphatic heterocycles. The maximum absolute atomic E-state index is 4.32. The van der Waals surface area contributed by atoms with Crippen molar-refractivity contribution < 1.29 is 0 Å². The zero-order valence-electron chi connectivity index (χ0n) is 7.76. The molecule has 0 aliphatic rings. The normalized spacial score (nSPS) is 12.4. The van der Waals surface area contributed by atoms with Crippen LogP contribution in [0.25, 0.3) is 0 Å². The Kier molecular flexibility index (Phi) is 5.56. The standard InChI is InChI=1S/C8H17BrN2/c1-5-6-10-8(9)11(4)7(2)3/h7H,5-6H2,1-4H3/b10-8-. The van der Waals surface area contributed by atoms with E-state index in [2.05, 4.69) is 46.6 Å². The van der Waals surface area contributed by atoms with Gasteiger partial charge in [-0.2, -0.15) is 0 Å². The third-order valence-electron chi connectivity index (χ3n) is 1.53. The van der Waals surface area contributed by atoms with Gasteiger partial charge in [0.2, 0.25) is 0 Å². The summed E-state index contributed by atoms with van der Waals surface area (Å²) < 4.78 is 0.953. The number of hydrogen-bond acceptors (Lipinski definition) is 1. The van der Waals surface area contributed by atoms with Gasteiger partial charge in [0.1, 0.15) is 0 Å². The molecule has 0 saturated heterocycles. The SMILES string of the molecule is CCC/N=C(/Br)N(C)C(C)C. The van der Waals surface area contributed by atoms with Crippen LogP contribution in [0, 0.1) is 0 Å². The molecule has 66 valence electrons. The van der Waals surface area contributed by atoms with Crippen molar-refractivity contribution in [2.75, 3.05) is 13.6 Å². The van der Waals surface area contributed by atoms with Gasteiger partial charge in [-0.3, -0.25) is 4.99 Å². The number of rotatable bonds is 3. The van der Waals surface area contributed by atoms with Gasteiger partial charge >= 0.3 is 0 Å². The van der Waals surface area contributed by atoms with Crippen molar-refractivity contribution in [2.45, 2.75) is 33.2 Å². The van der Waals surface area contributed by atoms with Crippen LogP contribution in [0.15, 0.2) is 4.99 Å². The summed E-state index contributed by atoms with van der Waals surface area (Å²) in [5, 5.41) is 0. The van der Waals surface area contributed by atoms with E-state index in [-0.39, 0.29) is 0 Å². The second-order valence-electron chi connectivity index (χ2n) is 2.86. The molecule has 0 N–H and O–H groups in total. The molecule has 0 aliphatic carbocycles. The summed E-state index contributed by atoms with van der Waals surface area (Å²) in [7, 11) is 2.04. The van der Waals surface area contributed by atoms with Gasteiger partial charge in [-0.15, -0.1) is 0 Å². The number of aliphatic imine (C=N–C) groups is 1. The lowest BCUT2D eigenvalue weighted by Gasteiger charge is -2.21. The van der Waals surface area contributed by atoms with E-state index < -0.39 is 0 Å². The lowest BCUT2D eigenvalue weighted by molar-refractivity contribution is 0.425. The van der Waals surface area contributed by atoms with Crippen LogP contribution in [0.1, 0.15) is 27.2 Å². The zero-order chi connectivity index (χ0) is 8.85. The molecule has 0 heterocycles. The number of hydrogen-bond donors (Lipinski definition) is 0. The average molecular weight is 221 g/mol. The van der Waals surface area contributed by atoms with E-state index in [9.17, 15) is 0 Å². The molecule has 0 aromatic heterocycles. The maximum atomic E-state index is 4.32. The second-order valence-corrected chi connectivity index (χ2v) is 3.56. The first kappa shape index (κ1) is 11.0. The quantitative estimate of drug-likeness (QED) is 0.406. The van der Waals surface area contributed by atoms with Gasteiger partial charge in [-0.25, -0.2) is 0 Å². The molecule has 0 bridgehead atoms. The predicted molar refractivity (Wildman–Crippen MR) is 54.4 cm³/mol. The Labute approximate surface area is 77.8 Å². The monoisotopic (exact) mass is 220 g/mol. The summed E-state index contributed by atoms with van der Waals surface area (Å²) >= 11 is 3.42. The van der Waals surface area contributed by atoms with Gasteiger partial charge in [0.05, 0.1) is 0 Å². The van der Waals surface area contributed by atoms with Crippen molar-refractivity contribution in [1.82, 2.24) is 4.90 Å². The molecule has 2 nitrogen and oxygen atoms in total. The van der Waals surface area contributed by atoms with Gasteiger partial charge in [-0.1, -0.05) is 6.92 Å². The summed E-state index contributed by atoms with van der Waals surface area (Å²) in [5.74, 6) is 0. The fourth-order valence-electron chi connectivity index (χ4n) is 0.529. The largest absolute Gasteiger partial charge is 0.352 e. The average Bonchev–Trinajstić information content (AvgIpc) is 1.98. The molecule has 0 radical (unpaired) electrons. The molecule has 0 atom stereocenters. The van der Waals surface area contributed by atoms with Crippen molar-refractivity contribution in [2.24, 2.45) is 4.99 Å². The van der Waals surface area contributed by atoms with Gasteiger partial charge in [0.25, 0.3) is 0 Å². The first-order valence-corrected chi connectivity index (χ1v) is 4.81. The maximum Gasteiger partial charge on any atom is 0.168 e. The van der Waals surface area contributed by atoms with Crippen molar-refractivity contribution in [3.05, 3.63) is 0 Å². The molecule has 0 rings (SSSR count). The molecule has 0 amide bonds. The number of amidine groups is 1. The summed E-state index contributed by atoms with van der Waals surface area (Å²) in [6.45, 7) is 7.31. The Morgan fingerprint density at radius 3 is 2.45 bits per heavy atom. The Hall–Kier alpha value is -0.0500. The first-order chi connectivity index (χ1) is 5.09. The second kappa shape index (κ2) is 5.58. The van der Waals surface area contributed by atoms with Crippen molar-refractivity contribution in [3.8, 4) is 0 Å². The number of halogens is 1. The fraction of sp³-hybridized carbons (Fsp3) is 0.875. The van der Waals surface area contributed by atoms with Gasteiger partial charge in [0.15, 0.2) is 4.74 Å². The Bertz CT molecular complexity index is 132. The Balaban J connectivity index is 3.89. The van der Waals surface area contributed by atoms with E-state index in [0.29, 0.717) is 6.04 Å². The number of nitrogens with zero attached hydrogens (tertiary/aromatic N) is 2. The minimum atomic E-state index is 0.505. The minimum Gasteiger partial charge on any atom is -0.352 e. The highest BCUT2D eigenvalue weighted by Crippen LogP contribution is 2.02. The molecule has 0 spiro atoms. The third-order valence-corrected chi connectivity index (χ3v) is 2.34. The highest BCUT2D eigenvalue weighted by atomic mass is 79.9. The van der Waals surface area contributed by atoms with Crippen LogP contribution in [0.4, 0.5) is 0 Å². The molecular weight excluding hydrogens is 204 g/mol. The molecule has 0 aromatic rings. The van der Waals surface area contributed by atoms with E-state index in [0.717, 1.165) is 17.7 Å². The minimum absolute atomic E-state index is 0.505. The summed E-state index contributed by atoms with van der Waals surface area (Å²) in [4.78, 5) is 6.43. The van der Waals surface area contributed by atoms with E-state index in [1.807, 2.05) is 7.05 Å². The van der Waals surface area contributed by atoms with E-state index in [1.165, 1.54) is 0 Å². The molecule has 11 heavy (non-hydrogen) atoms. The highest BCUT2D eigenvalue weighted by molar-refractivity contribution is 9.18. The van der Waals surface area contributed by atoms with Gasteiger partial charge in [0, 0.05) is 19.6 Å². The summed E-state index contributed by atoms with van der Waals surface area (Å²) in [6, 6.07) is 0.505. The van der Waals surface area contributed by atoms with Crippen LogP contribution < -0.4 is 0 Å². The third kappa shape index (κ3) is 4.40. The predicted octanol–water partition coefficient (Wildman–Crippen LogP) is 2.49. The molecule has 3 heteroatoms. The topological polar surface area (TPSA) is 15.6 Å². The molecule has 0 unspecified atom stereocenters. The van der Waals surface area contributed by atoms with Crippen molar-refractivity contribution in [1.29, 1.82) is 0 Å². The van der Waals surface area contributed by atoms with Crippen molar-refractivity contribution >= 4 is 20.7 Å². The highest BCUT2D eigenvalue weighted by Gasteiger charge is 2.04. The summed E-state index contributed by atoms with van der Waals surface area (Å²) in [5.41, 5.74) is 0. The van der Waals surface area contributed by atoms with Crippen LogP contribution >= 0.6 is 15.9 Å². The van der Waals surface area contributed by atoms with Crippen molar-refractivity contribution in [3.63, 3.8) is 0 Å². The van der Waals surface area contributed by atoms with Crippen LogP contribution in [-0.4, -0.2) is 29.3 Å². The lowest BCUT2D eigenvalue weighted by Crippen LogP contribution is -2.29. The Morgan fingerprint density at radius 1 is 1.55 bits per heavy atom. The van der Waals surface area contributed by atoms with Crippen LogP contribution in [0.3, 0.4) is 0 Å². The van der Waals surface area contributed by atoms with Crippen LogP contribution in [0.2, 0.25) is 0 Å². The van der Waals surface area contributed by atoms with Gasteiger partial charge in [-0.05, 0) is 36.2 Å². The molecular formula is C8H17BrN2. The van der Waals surface area contributed by atoms with E-state index >= 15 is 0 Å². The van der Waals surface area contributed by atoms with Gasteiger partial charge < -0.3 is 4.90 Å². The first-order valence-electron chi connectivity index (χ1n) is 4.02. The van der Waals surface area contributed by atoms with Crippen LogP contribution in [0.5, 0.6) is 0 Å². The van der Waals surface area contributed by atoms with E-state index in [1.54, 1.807) is 0 Å². The lowest BCUT2D eigenvalue weighted by atomic mass is 10.4. The zero-order valence-corrected chi connectivity index (χ0v) is 9.35. The molecule has 0 saturated carbocycles. The van der Waals surface area contributed by atoms with E-state index in [4.69, 9.17) is 0 Å². The molecule has 0 aromatic carbocycles. The fourth-order valence-corrected chi connectivity index (χ4v) is 1.12. The smallest absolute Gasteiger partial charge is 0.168 e. The Morgan fingerprint density at radius 2 is 2.09 bits per heavy atom. The summed E-state index contributed by atoms with van der Waals surface area (Å²) in [6.07, 6.45) is 1.10.